The summed E-state index contributed by atoms with van der Waals surface area (Å²) in [6.07, 6.45) is 5.39. The van der Waals surface area contributed by atoms with Crippen LogP contribution in [0.25, 0.3) is 10.9 Å². The smallest absolute Gasteiger partial charge is 0.408 e. The first kappa shape index (κ1) is 37.9. The summed E-state index contributed by atoms with van der Waals surface area (Å²) in [7, 11) is -4.01. The number of amides is 4. The Labute approximate surface area is 315 Å². The summed E-state index contributed by atoms with van der Waals surface area (Å²) in [4.78, 5) is 62.0. The average molecular weight is 766 g/mol. The molecule has 5 aliphatic rings. The molecule has 7 atom stereocenters. The number of aromatic hydroxyl groups is 1. The molecule has 1 saturated heterocycles. The first-order chi connectivity index (χ1) is 25.5. The van der Waals surface area contributed by atoms with Gasteiger partial charge in [-0.3, -0.25) is 19.1 Å². The number of ether oxygens (including phenoxy) is 2. The zero-order valence-electron chi connectivity index (χ0n) is 31.4. The van der Waals surface area contributed by atoms with Crippen LogP contribution >= 0.6 is 0 Å². The second kappa shape index (κ2) is 13.7. The summed E-state index contributed by atoms with van der Waals surface area (Å²) in [5, 5.41) is 17.7. The van der Waals surface area contributed by atoms with Crippen molar-refractivity contribution in [2.24, 2.45) is 17.3 Å². The van der Waals surface area contributed by atoms with Gasteiger partial charge < -0.3 is 30.1 Å². The molecule has 2 aromatic rings. The molecule has 14 nitrogen and oxygen atoms in total. The van der Waals surface area contributed by atoms with Crippen molar-refractivity contribution in [1.29, 1.82) is 0 Å². The van der Waals surface area contributed by atoms with E-state index in [1.54, 1.807) is 39.8 Å². The molecule has 15 heteroatoms. The van der Waals surface area contributed by atoms with Crippen LogP contribution in [-0.4, -0.2) is 88.3 Å². The number of nitrogens with one attached hydrogen (secondary N) is 3. The zero-order valence-corrected chi connectivity index (χ0v) is 32.2. The molecule has 0 spiro atoms. The van der Waals surface area contributed by atoms with Gasteiger partial charge in [0.1, 0.15) is 35.6 Å². The van der Waals surface area contributed by atoms with Gasteiger partial charge in [-0.05, 0) is 75.3 Å². The van der Waals surface area contributed by atoms with Crippen molar-refractivity contribution < 1.29 is 42.2 Å². The van der Waals surface area contributed by atoms with Crippen LogP contribution in [0.1, 0.15) is 91.0 Å². The van der Waals surface area contributed by atoms with E-state index in [0.29, 0.717) is 35.7 Å². The van der Waals surface area contributed by atoms with Gasteiger partial charge in [-0.15, -0.1) is 6.58 Å². The van der Waals surface area contributed by atoms with Crippen LogP contribution in [0.3, 0.4) is 0 Å². The first-order valence-corrected chi connectivity index (χ1v) is 20.5. The standard InChI is InChI=1S/C39H51N5O9S/c1-6-23-20-39(23,35(48)43-54(50,51)38(5)16-17-38)42-32(46)28-19-24-21-44(28)34(47)31(37(2,3)4)41-36(49)53-29-18-22(29)12-8-7-9-14-26-30(45)25-13-10-11-15-27(25)40-33(26)52-24/h6,10-11,13,15,22-24,28-29,31H,1,7-9,12,14,16-21H2,2-5H3,(H,40,45)(H,41,49)(H,42,46)(H,43,48)/t22?,23-,24-,28+,29-,31-,39-/m1/s1. The van der Waals surface area contributed by atoms with Gasteiger partial charge in [0.2, 0.25) is 27.7 Å². The first-order valence-electron chi connectivity index (χ1n) is 19.0. The van der Waals surface area contributed by atoms with Crippen LogP contribution in [0.2, 0.25) is 0 Å². The third kappa shape index (κ3) is 7.23. The van der Waals surface area contributed by atoms with E-state index in [2.05, 4.69) is 21.9 Å². The second-order valence-corrected chi connectivity index (χ2v) is 19.3. The van der Waals surface area contributed by atoms with Gasteiger partial charge in [-0.1, -0.05) is 51.8 Å². The molecule has 2 bridgehead atoms. The molecule has 54 heavy (non-hydrogen) atoms. The van der Waals surface area contributed by atoms with E-state index in [4.69, 9.17) is 14.5 Å². The topological polar surface area (TPSA) is 193 Å². The molecular weight excluding hydrogens is 715 g/mol. The van der Waals surface area contributed by atoms with Crippen molar-refractivity contribution in [3.8, 4) is 11.6 Å². The fourth-order valence-corrected chi connectivity index (χ4v) is 9.15. The SMILES string of the molecule is C=C[C@@H]1C[C@]1(NC(=O)[C@@H]1C[C@@H]2CN1C(=O)[C@H](C(C)(C)C)NC(=O)O[C@@H]1CC1CCCCCc1c(nc3ccccc3c1O)O2)C(=O)NS(=O)(=O)C1(C)CC1. The summed E-state index contributed by atoms with van der Waals surface area (Å²) >= 11 is 0. The van der Waals surface area contributed by atoms with E-state index in [1.807, 2.05) is 12.1 Å². The molecule has 3 aliphatic carbocycles. The molecule has 292 valence electrons. The van der Waals surface area contributed by atoms with Gasteiger partial charge in [-0.2, -0.15) is 0 Å². The van der Waals surface area contributed by atoms with Gasteiger partial charge >= 0.3 is 6.09 Å². The molecule has 1 unspecified atom stereocenters. The number of carbonyl (C=O) groups is 4. The highest BCUT2D eigenvalue weighted by Crippen LogP contribution is 2.47. The molecule has 0 radical (unpaired) electrons. The molecule has 4 amide bonds. The minimum Gasteiger partial charge on any atom is -0.507 e. The Kier molecular flexibility index (Phi) is 9.63. The second-order valence-electron chi connectivity index (χ2n) is 17.1. The highest BCUT2D eigenvalue weighted by atomic mass is 32.2. The quantitative estimate of drug-likeness (QED) is 0.313. The minimum atomic E-state index is -4.01. The van der Waals surface area contributed by atoms with Crippen molar-refractivity contribution in [2.45, 2.75) is 126 Å². The number of fused-ring (bicyclic) bond motifs is 5. The van der Waals surface area contributed by atoms with Gasteiger partial charge in [0.25, 0.3) is 5.91 Å². The van der Waals surface area contributed by atoms with E-state index < -0.39 is 73.6 Å². The number of alkyl carbamates (subject to hydrolysis) is 1. The van der Waals surface area contributed by atoms with E-state index in [0.717, 1.165) is 32.1 Å². The number of sulfonamides is 1. The van der Waals surface area contributed by atoms with Gasteiger partial charge in [0, 0.05) is 17.7 Å². The molecule has 4 fully saturated rings. The summed E-state index contributed by atoms with van der Waals surface area (Å²) < 4.78 is 39.5. The van der Waals surface area contributed by atoms with Crippen molar-refractivity contribution >= 4 is 44.7 Å². The summed E-state index contributed by atoms with van der Waals surface area (Å²) in [6.45, 7) is 10.7. The maximum atomic E-state index is 14.6. The molecule has 4 N–H and O–H groups in total. The Morgan fingerprint density at radius 2 is 1.85 bits per heavy atom. The predicted octanol–water partition coefficient (Wildman–Crippen LogP) is 3.99. The highest BCUT2D eigenvalue weighted by molar-refractivity contribution is 7.91. The van der Waals surface area contributed by atoms with Crippen LogP contribution in [0, 0.1) is 17.3 Å². The van der Waals surface area contributed by atoms with Crippen molar-refractivity contribution in [3.63, 3.8) is 0 Å². The van der Waals surface area contributed by atoms with E-state index in [-0.39, 0.29) is 43.0 Å². The number of benzene rings is 1. The molecule has 1 aromatic heterocycles. The van der Waals surface area contributed by atoms with Crippen LogP contribution in [0.5, 0.6) is 11.6 Å². The van der Waals surface area contributed by atoms with Crippen LogP contribution in [0.4, 0.5) is 4.79 Å². The Hall–Kier alpha value is -4.40. The summed E-state index contributed by atoms with van der Waals surface area (Å²) in [5.74, 6) is -2.11. The number of nitrogens with zero attached hydrogens (tertiary/aromatic N) is 2. The third-order valence-electron chi connectivity index (χ3n) is 11.9. The third-order valence-corrected chi connectivity index (χ3v) is 14.1. The Morgan fingerprint density at radius 1 is 1.11 bits per heavy atom. The van der Waals surface area contributed by atoms with Gasteiger partial charge in [0.15, 0.2) is 0 Å². The largest absolute Gasteiger partial charge is 0.507 e. The number of para-hydroxylation sites is 1. The number of pyridine rings is 1. The van der Waals surface area contributed by atoms with Crippen molar-refractivity contribution in [1.82, 2.24) is 25.2 Å². The van der Waals surface area contributed by atoms with E-state index in [1.165, 1.54) is 11.0 Å². The lowest BCUT2D eigenvalue weighted by molar-refractivity contribution is -0.142. The Balaban J connectivity index is 1.22. The lowest BCUT2D eigenvalue weighted by Gasteiger charge is -2.35. The number of aromatic nitrogens is 1. The fraction of sp³-hybridized carbons (Fsp3) is 0.615. The monoisotopic (exact) mass is 765 g/mol. The fourth-order valence-electron chi connectivity index (χ4n) is 7.84. The molecule has 2 aliphatic heterocycles. The summed E-state index contributed by atoms with van der Waals surface area (Å²) in [5.41, 5.74) is -1.32. The lowest BCUT2D eigenvalue weighted by atomic mass is 9.85. The van der Waals surface area contributed by atoms with Crippen LogP contribution in [0.15, 0.2) is 36.9 Å². The van der Waals surface area contributed by atoms with Gasteiger partial charge in [0.05, 0.1) is 22.4 Å². The molecule has 7 rings (SSSR count). The maximum Gasteiger partial charge on any atom is 0.408 e. The number of rotatable bonds is 6. The normalized spacial score (nSPS) is 30.9. The average Bonchev–Trinajstić information content (AvgIpc) is 4.06. The minimum absolute atomic E-state index is 0.00975. The van der Waals surface area contributed by atoms with Gasteiger partial charge in [-0.25, -0.2) is 18.2 Å². The van der Waals surface area contributed by atoms with E-state index >= 15 is 0 Å². The summed E-state index contributed by atoms with van der Waals surface area (Å²) in [6, 6.07) is 4.93. The van der Waals surface area contributed by atoms with Crippen LogP contribution in [-0.2, 0) is 35.6 Å². The van der Waals surface area contributed by atoms with Crippen LogP contribution < -0.4 is 20.1 Å². The molecular formula is C39H51N5O9S. The highest BCUT2D eigenvalue weighted by Gasteiger charge is 2.63. The van der Waals surface area contributed by atoms with Crippen molar-refractivity contribution in [2.75, 3.05) is 6.54 Å². The molecule has 3 heterocycles. The Morgan fingerprint density at radius 3 is 2.54 bits per heavy atom. The van der Waals surface area contributed by atoms with Crippen molar-refractivity contribution in [3.05, 3.63) is 42.5 Å². The number of hydrogen-bond acceptors (Lipinski definition) is 10. The maximum absolute atomic E-state index is 14.6. The number of carbonyl (C=O) groups excluding carboxylic acids is 4. The molecule has 1 aromatic carbocycles. The zero-order chi connectivity index (χ0) is 38.8. The lowest BCUT2D eigenvalue weighted by Crippen LogP contribution is -2.60. The Bertz CT molecular complexity index is 1990. The predicted molar refractivity (Wildman–Crippen MR) is 199 cm³/mol. The molecule has 3 saturated carbocycles. The van der Waals surface area contributed by atoms with E-state index in [9.17, 15) is 32.7 Å². The number of hydrogen-bond donors (Lipinski definition) is 4.